The van der Waals surface area contributed by atoms with Crippen molar-refractivity contribution >= 4 is 28.4 Å². The van der Waals surface area contributed by atoms with E-state index in [4.69, 9.17) is 4.42 Å². The Hall–Kier alpha value is -4.20. The highest BCUT2D eigenvalue weighted by Crippen LogP contribution is 2.35. The van der Waals surface area contributed by atoms with Crippen molar-refractivity contribution in [1.29, 1.82) is 0 Å². The summed E-state index contributed by atoms with van der Waals surface area (Å²) in [7, 11) is 0. The number of aryl methyl sites for hydroxylation is 1. The number of hydrogen-bond acceptors (Lipinski definition) is 5. The molecule has 0 atom stereocenters. The van der Waals surface area contributed by atoms with Gasteiger partial charge in [0.25, 0.3) is 11.5 Å². The molecule has 1 aliphatic rings. The average molecular weight is 457 g/mol. The third-order valence-electron chi connectivity index (χ3n) is 5.82. The first-order valence-corrected chi connectivity index (χ1v) is 11.3. The molecular weight excluding hydrogens is 432 g/mol. The van der Waals surface area contributed by atoms with Crippen molar-refractivity contribution in [3.63, 3.8) is 0 Å². The van der Waals surface area contributed by atoms with Gasteiger partial charge in [-0.05, 0) is 49.2 Å². The van der Waals surface area contributed by atoms with Crippen molar-refractivity contribution in [3.05, 3.63) is 94.4 Å². The number of rotatable bonds is 8. The van der Waals surface area contributed by atoms with Gasteiger partial charge in [0, 0.05) is 18.9 Å². The van der Waals surface area contributed by atoms with E-state index in [0.717, 1.165) is 12.8 Å². The second-order valence-electron chi connectivity index (χ2n) is 8.31. The molecule has 1 aliphatic carbocycles. The molecule has 34 heavy (non-hydrogen) atoms. The highest BCUT2D eigenvalue weighted by atomic mass is 16.3. The van der Waals surface area contributed by atoms with Crippen molar-refractivity contribution in [2.75, 3.05) is 5.32 Å². The fourth-order valence-corrected chi connectivity index (χ4v) is 3.98. The lowest BCUT2D eigenvalue weighted by molar-refractivity contribution is -0.116. The van der Waals surface area contributed by atoms with Gasteiger partial charge >= 0.3 is 0 Å². The van der Waals surface area contributed by atoms with Gasteiger partial charge in [-0.25, -0.2) is 4.98 Å². The molecule has 5 rings (SSSR count). The summed E-state index contributed by atoms with van der Waals surface area (Å²) in [6.07, 6.45) is 3.90. The van der Waals surface area contributed by atoms with Gasteiger partial charge in [0.1, 0.15) is 11.6 Å². The number of furan rings is 1. The zero-order valence-corrected chi connectivity index (χ0v) is 18.5. The molecule has 172 valence electrons. The van der Waals surface area contributed by atoms with E-state index in [1.54, 1.807) is 53.3 Å². The smallest absolute Gasteiger partial charge is 0.261 e. The number of carbonyl (C=O) groups excluding carboxylic acids is 2. The molecule has 0 unspecified atom stereocenters. The standard InChI is InChI=1S/C26H24N4O4/c31-24(29-21-9-3-1-7-19(21)25(32)27-16-18-6-5-15-34-18)14-13-23-28-22-10-4-2-8-20(22)26(33)30(23)17-11-12-17/h1-10,15,17H,11-14,16H2,(H,27,32)(H,29,31). The summed E-state index contributed by atoms with van der Waals surface area (Å²) in [6.45, 7) is 0.250. The average Bonchev–Trinajstić information content (AvgIpc) is 3.55. The molecule has 2 heterocycles. The van der Waals surface area contributed by atoms with Crippen molar-refractivity contribution in [2.45, 2.75) is 38.3 Å². The molecule has 8 nitrogen and oxygen atoms in total. The van der Waals surface area contributed by atoms with Gasteiger partial charge in [0.2, 0.25) is 5.91 Å². The van der Waals surface area contributed by atoms with Crippen molar-refractivity contribution in [3.8, 4) is 0 Å². The number of fused-ring (bicyclic) bond motifs is 1. The fraction of sp³-hybridized carbons (Fsp3) is 0.231. The highest BCUT2D eigenvalue weighted by molar-refractivity contribution is 6.03. The molecule has 2 aromatic heterocycles. The van der Waals surface area contributed by atoms with Crippen LogP contribution >= 0.6 is 0 Å². The lowest BCUT2D eigenvalue weighted by Gasteiger charge is -2.14. The minimum Gasteiger partial charge on any atom is -0.467 e. The molecule has 2 N–H and O–H groups in total. The van der Waals surface area contributed by atoms with Gasteiger partial charge in [-0.3, -0.25) is 19.0 Å². The molecule has 8 heteroatoms. The molecule has 1 saturated carbocycles. The molecule has 4 aromatic rings. The van der Waals surface area contributed by atoms with Crippen molar-refractivity contribution in [1.82, 2.24) is 14.9 Å². The van der Waals surface area contributed by atoms with Crippen molar-refractivity contribution < 1.29 is 14.0 Å². The monoisotopic (exact) mass is 456 g/mol. The Morgan fingerprint density at radius 2 is 1.82 bits per heavy atom. The first-order chi connectivity index (χ1) is 16.6. The van der Waals surface area contributed by atoms with Gasteiger partial charge in [-0.1, -0.05) is 24.3 Å². The summed E-state index contributed by atoms with van der Waals surface area (Å²) in [5, 5.41) is 6.22. The van der Waals surface area contributed by atoms with Crippen LogP contribution in [0.4, 0.5) is 5.69 Å². The second kappa shape index (κ2) is 9.35. The van der Waals surface area contributed by atoms with Crippen LogP contribution in [0.5, 0.6) is 0 Å². The lowest BCUT2D eigenvalue weighted by Crippen LogP contribution is -2.26. The Balaban J connectivity index is 1.29. The third-order valence-corrected chi connectivity index (χ3v) is 5.82. The van der Waals surface area contributed by atoms with Gasteiger partial charge in [-0.2, -0.15) is 0 Å². The summed E-state index contributed by atoms with van der Waals surface area (Å²) >= 11 is 0. The highest BCUT2D eigenvalue weighted by Gasteiger charge is 2.28. The van der Waals surface area contributed by atoms with Crippen LogP contribution in [0.15, 0.2) is 76.1 Å². The number of carbonyl (C=O) groups is 2. The molecule has 2 aromatic carbocycles. The Morgan fingerprint density at radius 3 is 2.62 bits per heavy atom. The van der Waals surface area contributed by atoms with Gasteiger partial charge < -0.3 is 15.1 Å². The molecule has 0 spiro atoms. The molecule has 0 aliphatic heterocycles. The number of aromatic nitrogens is 2. The Kier molecular flexibility index (Phi) is 5.95. The van der Waals surface area contributed by atoms with E-state index in [0.29, 0.717) is 40.2 Å². The SMILES string of the molecule is O=C(CCc1nc2ccccc2c(=O)n1C1CC1)Nc1ccccc1C(=O)NCc1ccco1. The van der Waals surface area contributed by atoms with Crippen LogP contribution in [-0.2, 0) is 17.8 Å². The molecule has 1 fully saturated rings. The molecule has 0 bridgehead atoms. The Labute approximate surface area is 195 Å². The number of benzene rings is 2. The summed E-state index contributed by atoms with van der Waals surface area (Å²) < 4.78 is 6.98. The van der Waals surface area contributed by atoms with E-state index in [2.05, 4.69) is 15.6 Å². The lowest BCUT2D eigenvalue weighted by atomic mass is 10.1. The van der Waals surface area contributed by atoms with Crippen LogP contribution in [0.1, 0.15) is 47.2 Å². The zero-order valence-electron chi connectivity index (χ0n) is 18.5. The quantitative estimate of drug-likeness (QED) is 0.419. The molecule has 2 amide bonds. The number of amides is 2. The zero-order chi connectivity index (χ0) is 23.5. The van der Waals surface area contributed by atoms with Crippen LogP contribution in [-0.4, -0.2) is 21.4 Å². The maximum atomic E-state index is 13.0. The van der Waals surface area contributed by atoms with Gasteiger partial charge in [-0.15, -0.1) is 0 Å². The van der Waals surface area contributed by atoms with Crippen LogP contribution < -0.4 is 16.2 Å². The number of hydrogen-bond donors (Lipinski definition) is 2. The van der Waals surface area contributed by atoms with E-state index < -0.39 is 0 Å². The van der Waals surface area contributed by atoms with Crippen LogP contribution in [0.2, 0.25) is 0 Å². The van der Waals surface area contributed by atoms with Gasteiger partial charge in [0.15, 0.2) is 0 Å². The largest absolute Gasteiger partial charge is 0.467 e. The minimum absolute atomic E-state index is 0.0536. The fourth-order valence-electron chi connectivity index (χ4n) is 3.98. The van der Waals surface area contributed by atoms with E-state index in [-0.39, 0.29) is 36.4 Å². The van der Waals surface area contributed by atoms with Crippen LogP contribution in [0.25, 0.3) is 10.9 Å². The van der Waals surface area contributed by atoms with Crippen molar-refractivity contribution in [2.24, 2.45) is 0 Å². The molecular formula is C26H24N4O4. The summed E-state index contributed by atoms with van der Waals surface area (Å²) in [5.41, 5.74) is 1.37. The van der Waals surface area contributed by atoms with E-state index in [1.165, 1.54) is 0 Å². The first-order valence-electron chi connectivity index (χ1n) is 11.3. The number of para-hydroxylation sites is 2. The van der Waals surface area contributed by atoms with E-state index >= 15 is 0 Å². The predicted molar refractivity (Wildman–Crippen MR) is 128 cm³/mol. The minimum atomic E-state index is -0.314. The van der Waals surface area contributed by atoms with Crippen LogP contribution in [0, 0.1) is 0 Å². The second-order valence-corrected chi connectivity index (χ2v) is 8.31. The summed E-state index contributed by atoms with van der Waals surface area (Å²) in [5.74, 6) is 0.687. The maximum absolute atomic E-state index is 13.0. The normalized spacial score (nSPS) is 13.1. The summed E-state index contributed by atoms with van der Waals surface area (Å²) in [4.78, 5) is 43.1. The third kappa shape index (κ3) is 4.61. The van der Waals surface area contributed by atoms with Gasteiger partial charge in [0.05, 0.1) is 35.0 Å². The topological polar surface area (TPSA) is 106 Å². The number of nitrogens with zero attached hydrogens (tertiary/aromatic N) is 2. The molecule has 0 radical (unpaired) electrons. The Bertz CT molecular complexity index is 1400. The summed E-state index contributed by atoms with van der Waals surface area (Å²) in [6, 6.07) is 17.8. The van der Waals surface area contributed by atoms with Crippen LogP contribution in [0.3, 0.4) is 0 Å². The molecule has 0 saturated heterocycles. The number of nitrogens with one attached hydrogen (secondary N) is 2. The number of anilines is 1. The predicted octanol–water partition coefficient (Wildman–Crippen LogP) is 3.83. The maximum Gasteiger partial charge on any atom is 0.261 e. The van der Waals surface area contributed by atoms with E-state index in [1.807, 2.05) is 18.2 Å². The Morgan fingerprint density at radius 1 is 1.03 bits per heavy atom. The first kappa shape index (κ1) is 21.6. The van der Waals surface area contributed by atoms with E-state index in [9.17, 15) is 14.4 Å².